The second-order valence-electron chi connectivity index (χ2n) is 8.57. The Morgan fingerprint density at radius 2 is 1.97 bits per heavy atom. The van der Waals surface area contributed by atoms with Crippen LogP contribution in [0.1, 0.15) is 34.5 Å². The smallest absolute Gasteiger partial charge is 0.165 e. The second-order valence-corrected chi connectivity index (χ2v) is 8.57. The number of fused-ring (bicyclic) bond motifs is 2. The van der Waals surface area contributed by atoms with Crippen molar-refractivity contribution in [2.45, 2.75) is 19.4 Å². The van der Waals surface area contributed by atoms with Gasteiger partial charge in [0.15, 0.2) is 5.78 Å². The van der Waals surface area contributed by atoms with Gasteiger partial charge in [-0.05, 0) is 55.4 Å². The lowest BCUT2D eigenvalue weighted by atomic mass is 10.0. The summed E-state index contributed by atoms with van der Waals surface area (Å²) in [7, 11) is 0. The van der Waals surface area contributed by atoms with Crippen LogP contribution in [0.4, 0.5) is 5.69 Å². The highest BCUT2D eigenvalue weighted by atomic mass is 16.3. The van der Waals surface area contributed by atoms with Crippen LogP contribution < -0.4 is 10.6 Å². The van der Waals surface area contributed by atoms with Gasteiger partial charge in [0.1, 0.15) is 11.3 Å². The standard InChI is InChI=1S/C26H27N5O2/c27-15-18-3-5-24-22(12-18)23(17-29-24)25(32)2-1-7-30-8-10-31(11-9-30)20-4-6-26-19(13-20)14-21(16-28)33-26/h3-6,12-14,17,29H,1-2,7-11,16,28H2. The summed E-state index contributed by atoms with van der Waals surface area (Å²) >= 11 is 0. The van der Waals surface area contributed by atoms with Crippen molar-refractivity contribution < 1.29 is 9.21 Å². The molecule has 1 aliphatic heterocycles. The maximum atomic E-state index is 12.8. The van der Waals surface area contributed by atoms with Crippen LogP contribution in [0.5, 0.6) is 0 Å². The average Bonchev–Trinajstić information content (AvgIpc) is 3.47. The van der Waals surface area contributed by atoms with Crippen molar-refractivity contribution in [3.63, 3.8) is 0 Å². The molecule has 1 aliphatic rings. The molecule has 3 N–H and O–H groups in total. The van der Waals surface area contributed by atoms with Crippen molar-refractivity contribution in [3.05, 3.63) is 65.5 Å². The van der Waals surface area contributed by atoms with Gasteiger partial charge >= 0.3 is 0 Å². The van der Waals surface area contributed by atoms with Gasteiger partial charge in [-0.2, -0.15) is 5.26 Å². The van der Waals surface area contributed by atoms with Gasteiger partial charge in [-0.15, -0.1) is 0 Å². The van der Waals surface area contributed by atoms with Crippen molar-refractivity contribution in [1.29, 1.82) is 5.26 Å². The van der Waals surface area contributed by atoms with Crippen molar-refractivity contribution in [1.82, 2.24) is 9.88 Å². The molecule has 1 saturated heterocycles. The molecule has 0 bridgehead atoms. The van der Waals surface area contributed by atoms with E-state index in [-0.39, 0.29) is 5.78 Å². The first-order valence-corrected chi connectivity index (χ1v) is 11.4. The number of benzene rings is 2. The number of aromatic nitrogens is 1. The zero-order chi connectivity index (χ0) is 22.8. The number of nitrogens with one attached hydrogen (secondary N) is 1. The van der Waals surface area contributed by atoms with Crippen LogP contribution in [0.3, 0.4) is 0 Å². The Kier molecular flexibility index (Phi) is 5.86. The van der Waals surface area contributed by atoms with Crippen molar-refractivity contribution in [3.8, 4) is 6.07 Å². The van der Waals surface area contributed by atoms with Crippen molar-refractivity contribution in [2.24, 2.45) is 5.73 Å². The van der Waals surface area contributed by atoms with Gasteiger partial charge in [-0.3, -0.25) is 9.69 Å². The normalized spacial score (nSPS) is 14.7. The topological polar surface area (TPSA) is 102 Å². The zero-order valence-electron chi connectivity index (χ0n) is 18.5. The number of furan rings is 1. The average molecular weight is 442 g/mol. The van der Waals surface area contributed by atoms with E-state index >= 15 is 0 Å². The maximum Gasteiger partial charge on any atom is 0.165 e. The fraction of sp³-hybridized carbons (Fsp3) is 0.308. The fourth-order valence-corrected chi connectivity index (χ4v) is 4.63. The van der Waals surface area contributed by atoms with Gasteiger partial charge < -0.3 is 20.0 Å². The van der Waals surface area contributed by atoms with Crippen molar-refractivity contribution >= 4 is 33.3 Å². The predicted octanol–water partition coefficient (Wildman–Crippen LogP) is 4.03. The first kappa shape index (κ1) is 21.3. The summed E-state index contributed by atoms with van der Waals surface area (Å²) in [5, 5.41) is 11.1. The van der Waals surface area contributed by atoms with Crippen LogP contribution in [0.15, 0.2) is 53.1 Å². The van der Waals surface area contributed by atoms with Gasteiger partial charge in [0.2, 0.25) is 0 Å². The van der Waals surface area contributed by atoms with E-state index in [0.717, 1.165) is 66.8 Å². The molecule has 0 atom stereocenters. The molecule has 7 heteroatoms. The minimum atomic E-state index is 0.125. The second kappa shape index (κ2) is 9.10. The van der Waals surface area contributed by atoms with Gasteiger partial charge in [-0.25, -0.2) is 0 Å². The first-order valence-electron chi connectivity index (χ1n) is 11.4. The number of anilines is 1. The first-order chi connectivity index (χ1) is 16.1. The van der Waals surface area contributed by atoms with E-state index in [9.17, 15) is 4.79 Å². The highest BCUT2D eigenvalue weighted by Crippen LogP contribution is 2.26. The summed E-state index contributed by atoms with van der Waals surface area (Å²) in [4.78, 5) is 20.7. The molecule has 3 heterocycles. The number of hydrogen-bond acceptors (Lipinski definition) is 6. The van der Waals surface area contributed by atoms with E-state index in [0.29, 0.717) is 24.1 Å². The molecule has 1 fully saturated rings. The van der Waals surface area contributed by atoms with Crippen LogP contribution in [0.25, 0.3) is 21.9 Å². The maximum absolute atomic E-state index is 12.8. The summed E-state index contributed by atoms with van der Waals surface area (Å²) in [6, 6.07) is 15.9. The number of rotatable bonds is 7. The van der Waals surface area contributed by atoms with Gasteiger partial charge in [-0.1, -0.05) is 0 Å². The summed E-state index contributed by atoms with van der Waals surface area (Å²) in [6.07, 6.45) is 3.09. The number of H-pyrrole nitrogens is 1. The van der Waals surface area contributed by atoms with Crippen LogP contribution in [0, 0.1) is 11.3 Å². The van der Waals surface area contributed by atoms with E-state index < -0.39 is 0 Å². The Hall–Kier alpha value is -3.60. The third-order valence-corrected chi connectivity index (χ3v) is 6.48. The van der Waals surface area contributed by atoms with Gasteiger partial charge in [0, 0.05) is 66.3 Å². The molecule has 7 nitrogen and oxygen atoms in total. The lowest BCUT2D eigenvalue weighted by Gasteiger charge is -2.36. The largest absolute Gasteiger partial charge is 0.460 e. The van der Waals surface area contributed by atoms with Crippen LogP contribution >= 0.6 is 0 Å². The molecule has 5 rings (SSSR count). The van der Waals surface area contributed by atoms with Gasteiger partial charge in [0.25, 0.3) is 0 Å². The lowest BCUT2D eigenvalue weighted by molar-refractivity contribution is 0.0976. The van der Waals surface area contributed by atoms with Gasteiger partial charge in [0.05, 0.1) is 18.2 Å². The number of carbonyl (C=O) groups excluding carboxylic acids is 1. The van der Waals surface area contributed by atoms with Crippen LogP contribution in [-0.4, -0.2) is 48.4 Å². The fourth-order valence-electron chi connectivity index (χ4n) is 4.63. The van der Waals surface area contributed by atoms with E-state index in [1.54, 1.807) is 18.3 Å². The number of nitrogens with two attached hydrogens (primary N) is 1. The minimum absolute atomic E-state index is 0.125. The number of hydrogen-bond donors (Lipinski definition) is 2. The predicted molar refractivity (Wildman–Crippen MR) is 129 cm³/mol. The monoisotopic (exact) mass is 441 g/mol. The minimum Gasteiger partial charge on any atom is -0.460 e. The highest BCUT2D eigenvalue weighted by Gasteiger charge is 2.19. The van der Waals surface area contributed by atoms with Crippen LogP contribution in [-0.2, 0) is 6.54 Å². The number of carbonyl (C=O) groups is 1. The van der Waals surface area contributed by atoms with E-state index in [2.05, 4.69) is 33.0 Å². The third-order valence-electron chi connectivity index (χ3n) is 6.48. The summed E-state index contributed by atoms with van der Waals surface area (Å²) in [5.74, 6) is 0.930. The van der Waals surface area contributed by atoms with E-state index in [4.69, 9.17) is 15.4 Å². The Bertz CT molecular complexity index is 1340. The van der Waals surface area contributed by atoms with E-state index in [1.807, 2.05) is 18.2 Å². The lowest BCUT2D eigenvalue weighted by Crippen LogP contribution is -2.46. The molecular weight excluding hydrogens is 414 g/mol. The molecule has 2 aromatic heterocycles. The summed E-state index contributed by atoms with van der Waals surface area (Å²) < 4.78 is 5.71. The number of nitrogens with zero attached hydrogens (tertiary/aromatic N) is 3. The zero-order valence-corrected chi connectivity index (χ0v) is 18.5. The van der Waals surface area contributed by atoms with Crippen LogP contribution in [0.2, 0.25) is 0 Å². The number of Topliss-reactive ketones (excluding diaryl/α,β-unsaturated/α-hetero) is 1. The Labute approximate surface area is 192 Å². The molecule has 0 amide bonds. The molecule has 0 radical (unpaired) electrons. The molecule has 2 aromatic carbocycles. The molecule has 0 saturated carbocycles. The Morgan fingerprint density at radius 1 is 1.12 bits per heavy atom. The van der Waals surface area contributed by atoms with E-state index in [1.165, 1.54) is 5.69 Å². The SMILES string of the molecule is N#Cc1ccc2[nH]cc(C(=O)CCCN3CCN(c4ccc5oc(CN)cc5c4)CC3)c2c1. The molecule has 0 spiro atoms. The molecule has 168 valence electrons. The molecule has 0 unspecified atom stereocenters. The Balaban J connectivity index is 1.13. The quantitative estimate of drug-likeness (QED) is 0.420. The number of ketones is 1. The number of aromatic amines is 1. The molecule has 0 aliphatic carbocycles. The third kappa shape index (κ3) is 4.36. The summed E-state index contributed by atoms with van der Waals surface area (Å²) in [5.41, 5.74) is 9.91. The molecule has 4 aromatic rings. The highest BCUT2D eigenvalue weighted by molar-refractivity contribution is 6.08. The summed E-state index contributed by atoms with van der Waals surface area (Å²) in [6.45, 7) is 5.19. The Morgan fingerprint density at radius 3 is 2.76 bits per heavy atom. The number of piperazine rings is 1. The van der Waals surface area contributed by atoms with Crippen molar-refractivity contribution in [2.75, 3.05) is 37.6 Å². The molecule has 33 heavy (non-hydrogen) atoms. The molecular formula is C26H27N5O2. The number of nitriles is 1.